The minimum atomic E-state index is -0.659. The molecule has 0 fully saturated rings. The minimum Gasteiger partial charge on any atom is -0.506 e. The van der Waals surface area contributed by atoms with Crippen molar-refractivity contribution in [2.45, 2.75) is 13.8 Å². The predicted molar refractivity (Wildman–Crippen MR) is 50.5 cm³/mol. The monoisotopic (exact) mass is 246 g/mol. The number of aryl methyl sites for hydroxylation is 1. The van der Waals surface area contributed by atoms with Gasteiger partial charge in [-0.15, -0.1) is 0 Å². The van der Waals surface area contributed by atoms with Crippen molar-refractivity contribution in [3.63, 3.8) is 0 Å². The molecular formula is C9H8BrFO2. The molecule has 0 radical (unpaired) electrons. The van der Waals surface area contributed by atoms with Crippen LogP contribution in [0.4, 0.5) is 4.39 Å². The molecule has 0 spiro atoms. The first-order chi connectivity index (χ1) is 5.95. The second kappa shape index (κ2) is 3.46. The number of carbonyl (C=O) groups is 1. The number of hydrogen-bond donors (Lipinski definition) is 1. The molecule has 0 bridgehead atoms. The lowest BCUT2D eigenvalue weighted by atomic mass is 10.1. The zero-order valence-corrected chi connectivity index (χ0v) is 8.77. The normalized spacial score (nSPS) is 10.2. The molecule has 0 aromatic heterocycles. The van der Waals surface area contributed by atoms with Gasteiger partial charge in [-0.2, -0.15) is 0 Å². The third-order valence-corrected chi connectivity index (χ3v) is 2.33. The highest BCUT2D eigenvalue weighted by Gasteiger charge is 2.17. The average Bonchev–Trinajstić information content (AvgIpc) is 2.01. The zero-order valence-electron chi connectivity index (χ0n) is 7.19. The van der Waals surface area contributed by atoms with Crippen LogP contribution in [0.5, 0.6) is 5.75 Å². The van der Waals surface area contributed by atoms with Crippen molar-refractivity contribution in [2.75, 3.05) is 0 Å². The van der Waals surface area contributed by atoms with Gasteiger partial charge in [-0.1, -0.05) is 0 Å². The van der Waals surface area contributed by atoms with Crippen molar-refractivity contribution in [3.8, 4) is 5.75 Å². The Kier molecular flexibility index (Phi) is 2.71. The number of aromatic hydroxyl groups is 1. The van der Waals surface area contributed by atoms with Gasteiger partial charge in [-0.25, -0.2) is 4.39 Å². The maximum Gasteiger partial charge on any atom is 0.166 e. The van der Waals surface area contributed by atoms with Gasteiger partial charge in [0.25, 0.3) is 0 Å². The molecule has 13 heavy (non-hydrogen) atoms. The molecule has 0 saturated heterocycles. The number of hydrogen-bond acceptors (Lipinski definition) is 2. The lowest BCUT2D eigenvalue weighted by Gasteiger charge is -2.06. The number of phenolic OH excluding ortho intramolecular Hbond substituents is 1. The maximum absolute atomic E-state index is 13.3. The van der Waals surface area contributed by atoms with E-state index < -0.39 is 11.6 Å². The average molecular weight is 247 g/mol. The third-order valence-electron chi connectivity index (χ3n) is 1.72. The van der Waals surface area contributed by atoms with Gasteiger partial charge in [-0.3, -0.25) is 4.79 Å². The van der Waals surface area contributed by atoms with Gasteiger partial charge in [0.05, 0.1) is 10.0 Å². The van der Waals surface area contributed by atoms with Crippen LogP contribution in [0.3, 0.4) is 0 Å². The first-order valence-corrected chi connectivity index (χ1v) is 4.43. The minimum absolute atomic E-state index is 0.258. The highest BCUT2D eigenvalue weighted by atomic mass is 79.9. The molecule has 0 aliphatic carbocycles. The highest BCUT2D eigenvalue weighted by Crippen LogP contribution is 2.32. The summed E-state index contributed by atoms with van der Waals surface area (Å²) in [6.45, 7) is 2.75. The molecule has 0 unspecified atom stereocenters. The molecule has 4 heteroatoms. The lowest BCUT2D eigenvalue weighted by molar-refractivity contribution is 0.101. The standard InChI is InChI=1S/C9H8BrFO2/c1-4-3-6(10)9(13)7(5(2)12)8(4)11/h3,13H,1-2H3. The lowest BCUT2D eigenvalue weighted by Crippen LogP contribution is -2.00. The van der Waals surface area contributed by atoms with E-state index in [1.807, 2.05) is 0 Å². The van der Waals surface area contributed by atoms with Crippen molar-refractivity contribution in [1.82, 2.24) is 0 Å². The van der Waals surface area contributed by atoms with Gasteiger partial charge in [0.15, 0.2) is 5.78 Å². The van der Waals surface area contributed by atoms with Gasteiger partial charge < -0.3 is 5.11 Å². The Labute approximate surface area is 83.5 Å². The van der Waals surface area contributed by atoms with Crippen molar-refractivity contribution in [1.29, 1.82) is 0 Å². The van der Waals surface area contributed by atoms with Crippen LogP contribution >= 0.6 is 15.9 Å². The summed E-state index contributed by atoms with van der Waals surface area (Å²) in [6, 6.07) is 1.43. The molecule has 1 aromatic carbocycles. The van der Waals surface area contributed by atoms with Crippen LogP contribution in [0.25, 0.3) is 0 Å². The summed E-state index contributed by atoms with van der Waals surface area (Å²) < 4.78 is 13.6. The van der Waals surface area contributed by atoms with Gasteiger partial charge in [0.2, 0.25) is 0 Å². The predicted octanol–water partition coefficient (Wildman–Crippen LogP) is 2.80. The number of rotatable bonds is 1. The van der Waals surface area contributed by atoms with E-state index in [9.17, 15) is 14.3 Å². The molecule has 2 nitrogen and oxygen atoms in total. The second-order valence-electron chi connectivity index (χ2n) is 2.77. The summed E-state index contributed by atoms with van der Waals surface area (Å²) >= 11 is 3.03. The van der Waals surface area contributed by atoms with Gasteiger partial charge in [0, 0.05) is 0 Å². The first-order valence-electron chi connectivity index (χ1n) is 3.63. The largest absolute Gasteiger partial charge is 0.506 e. The van der Waals surface area contributed by atoms with Gasteiger partial charge >= 0.3 is 0 Å². The molecular weight excluding hydrogens is 239 g/mol. The van der Waals surface area contributed by atoms with E-state index in [-0.39, 0.29) is 11.3 Å². The third kappa shape index (κ3) is 1.72. The topological polar surface area (TPSA) is 37.3 Å². The first kappa shape index (κ1) is 10.2. The van der Waals surface area contributed by atoms with Crippen LogP contribution in [-0.2, 0) is 0 Å². The number of phenols is 1. The zero-order chi connectivity index (χ0) is 10.2. The smallest absolute Gasteiger partial charge is 0.166 e. The summed E-state index contributed by atoms with van der Waals surface area (Å²) in [5.41, 5.74) is 0.0711. The van der Waals surface area contributed by atoms with Crippen LogP contribution in [0, 0.1) is 12.7 Å². The quantitative estimate of drug-likeness (QED) is 0.774. The summed E-state index contributed by atoms with van der Waals surface area (Å²) in [6.07, 6.45) is 0. The van der Waals surface area contributed by atoms with Crippen LogP contribution in [-0.4, -0.2) is 10.9 Å². The number of Topliss-reactive ketones (excluding diaryl/α,β-unsaturated/α-hetero) is 1. The van der Waals surface area contributed by atoms with Crippen LogP contribution < -0.4 is 0 Å². The SMILES string of the molecule is CC(=O)c1c(O)c(Br)cc(C)c1F. The van der Waals surface area contributed by atoms with E-state index in [2.05, 4.69) is 15.9 Å². The van der Waals surface area contributed by atoms with E-state index in [4.69, 9.17) is 0 Å². The summed E-state index contributed by atoms with van der Waals surface area (Å²) in [7, 11) is 0. The van der Waals surface area contributed by atoms with E-state index in [0.29, 0.717) is 10.0 Å². The van der Waals surface area contributed by atoms with E-state index in [0.717, 1.165) is 0 Å². The van der Waals surface area contributed by atoms with Crippen molar-refractivity contribution < 1.29 is 14.3 Å². The van der Waals surface area contributed by atoms with E-state index in [1.165, 1.54) is 19.9 Å². The highest BCUT2D eigenvalue weighted by molar-refractivity contribution is 9.10. The molecule has 70 valence electrons. The van der Waals surface area contributed by atoms with E-state index >= 15 is 0 Å². The number of benzene rings is 1. The fourth-order valence-electron chi connectivity index (χ4n) is 1.06. The fourth-order valence-corrected chi connectivity index (χ4v) is 1.61. The Hall–Kier alpha value is -0.900. The van der Waals surface area contributed by atoms with Crippen molar-refractivity contribution in [3.05, 3.63) is 27.5 Å². The summed E-state index contributed by atoms with van der Waals surface area (Å²) in [5, 5.41) is 9.37. The maximum atomic E-state index is 13.3. The van der Waals surface area contributed by atoms with Crippen LogP contribution in [0.2, 0.25) is 0 Å². The summed E-state index contributed by atoms with van der Waals surface area (Å²) in [4.78, 5) is 11.0. The Balaban J connectivity index is 3.56. The second-order valence-corrected chi connectivity index (χ2v) is 3.62. The molecule has 0 heterocycles. The fraction of sp³-hybridized carbons (Fsp3) is 0.222. The molecule has 0 atom stereocenters. The molecule has 1 aromatic rings. The molecule has 1 N–H and O–H groups in total. The molecule has 0 saturated carbocycles. The molecule has 0 aliphatic rings. The number of carbonyl (C=O) groups excluding carboxylic acids is 1. The van der Waals surface area contributed by atoms with Crippen molar-refractivity contribution >= 4 is 21.7 Å². The molecule has 0 amide bonds. The Morgan fingerprint density at radius 3 is 2.62 bits per heavy atom. The molecule has 1 rings (SSSR count). The van der Waals surface area contributed by atoms with Gasteiger partial charge in [0.1, 0.15) is 11.6 Å². The van der Waals surface area contributed by atoms with Crippen LogP contribution in [0.15, 0.2) is 10.5 Å². The molecule has 0 aliphatic heterocycles. The van der Waals surface area contributed by atoms with Crippen molar-refractivity contribution in [2.24, 2.45) is 0 Å². The Morgan fingerprint density at radius 2 is 2.15 bits per heavy atom. The Bertz CT molecular complexity index is 348. The number of halogens is 2. The summed E-state index contributed by atoms with van der Waals surface area (Å²) in [5.74, 6) is -1.48. The van der Waals surface area contributed by atoms with E-state index in [1.54, 1.807) is 0 Å². The Morgan fingerprint density at radius 1 is 1.62 bits per heavy atom. The van der Waals surface area contributed by atoms with Crippen LogP contribution in [0.1, 0.15) is 22.8 Å². The number of ketones is 1. The van der Waals surface area contributed by atoms with Gasteiger partial charge in [-0.05, 0) is 41.4 Å².